The number of amides is 1. The maximum atomic E-state index is 13.8. The number of hydrogen-bond acceptors (Lipinski definition) is 3. The highest BCUT2D eigenvalue weighted by Crippen LogP contribution is 2.60. The molecule has 0 saturated carbocycles. The highest BCUT2D eigenvalue weighted by molar-refractivity contribution is 7.22. The molecule has 0 unspecified atom stereocenters. The van der Waals surface area contributed by atoms with Crippen LogP contribution in [0.1, 0.15) is 5.56 Å². The predicted octanol–water partition coefficient (Wildman–Crippen LogP) is 6.28. The molecule has 0 radical (unpaired) electrons. The van der Waals surface area contributed by atoms with E-state index in [2.05, 4.69) is 4.98 Å². The van der Waals surface area contributed by atoms with Gasteiger partial charge in [0.1, 0.15) is 0 Å². The number of anilines is 1. The van der Waals surface area contributed by atoms with Gasteiger partial charge in [-0.05, 0) is 24.6 Å². The molecule has 1 N–H and O–H groups in total. The van der Waals surface area contributed by atoms with Crippen molar-refractivity contribution in [3.63, 3.8) is 0 Å². The van der Waals surface area contributed by atoms with E-state index in [1.165, 1.54) is 18.2 Å². The van der Waals surface area contributed by atoms with Gasteiger partial charge in [0, 0.05) is 0 Å². The van der Waals surface area contributed by atoms with Crippen molar-refractivity contribution in [2.24, 2.45) is 0 Å². The molecule has 1 aromatic carbocycles. The Kier molecular flexibility index (Phi) is 5.95. The zero-order valence-electron chi connectivity index (χ0n) is 14.9. The lowest BCUT2D eigenvalue weighted by Gasteiger charge is -2.39. The zero-order chi connectivity index (χ0) is 25.1. The van der Waals surface area contributed by atoms with Crippen LogP contribution in [0.15, 0.2) is 18.2 Å². The normalized spacial score (nSPS) is 14.7. The van der Waals surface area contributed by atoms with Gasteiger partial charge in [0.25, 0.3) is 0 Å². The van der Waals surface area contributed by atoms with Gasteiger partial charge in [-0.3, -0.25) is 10.1 Å². The lowest BCUT2D eigenvalue weighted by molar-refractivity contribution is -0.435. The van der Waals surface area contributed by atoms with Crippen molar-refractivity contribution in [3.05, 3.63) is 23.8 Å². The van der Waals surface area contributed by atoms with E-state index >= 15 is 0 Å². The Hall–Kier alpha value is -2.33. The highest BCUT2D eigenvalue weighted by Gasteiger charge is 2.91. The number of nitrogens with zero attached hydrogens (tertiary/aromatic N) is 1. The van der Waals surface area contributed by atoms with Crippen LogP contribution in [-0.2, 0) is 4.79 Å². The van der Waals surface area contributed by atoms with Crippen LogP contribution in [-0.4, -0.2) is 46.7 Å². The van der Waals surface area contributed by atoms with E-state index in [1.807, 2.05) is 0 Å². The first-order valence-corrected chi connectivity index (χ1v) is 8.57. The first-order chi connectivity index (χ1) is 14.1. The van der Waals surface area contributed by atoms with Crippen LogP contribution in [0.3, 0.4) is 0 Å². The smallest absolute Gasteiger partial charge is 0.296 e. The molecule has 0 fully saturated rings. The Labute approximate surface area is 172 Å². The Morgan fingerprint density at radius 1 is 0.812 bits per heavy atom. The molecule has 180 valence electrons. The fraction of sp³-hybridized carbons (Fsp3) is 0.467. The molecule has 0 bridgehead atoms. The summed E-state index contributed by atoms with van der Waals surface area (Å²) in [6, 6.07) is 4.10. The fourth-order valence-electron chi connectivity index (χ4n) is 2.17. The number of alkyl halides is 13. The van der Waals surface area contributed by atoms with Gasteiger partial charge in [-0.25, -0.2) is 4.98 Å². The van der Waals surface area contributed by atoms with E-state index in [-0.39, 0.29) is 10.2 Å². The second-order valence-electron chi connectivity index (χ2n) is 6.31. The van der Waals surface area contributed by atoms with E-state index in [4.69, 9.17) is 0 Å². The molecule has 17 heteroatoms. The molecular formula is C15H7F13N2OS. The first kappa shape index (κ1) is 25.9. The van der Waals surface area contributed by atoms with Crippen LogP contribution in [0, 0.1) is 6.92 Å². The number of carbonyl (C=O) groups excluding carboxylic acids is 1. The number of aryl methyl sites for hydroxylation is 1. The molecule has 0 aliphatic carbocycles. The van der Waals surface area contributed by atoms with Gasteiger partial charge in [-0.15, -0.1) is 0 Å². The summed E-state index contributed by atoms with van der Waals surface area (Å²) < 4.78 is 170. The van der Waals surface area contributed by atoms with Gasteiger partial charge < -0.3 is 0 Å². The third-order valence-corrected chi connectivity index (χ3v) is 4.92. The monoisotopic (exact) mass is 510 g/mol. The van der Waals surface area contributed by atoms with Crippen molar-refractivity contribution < 1.29 is 61.9 Å². The first-order valence-electron chi connectivity index (χ1n) is 7.75. The summed E-state index contributed by atoms with van der Waals surface area (Å²) in [5.41, 5.74) is 0.594. The van der Waals surface area contributed by atoms with E-state index in [9.17, 15) is 61.9 Å². The van der Waals surface area contributed by atoms with Gasteiger partial charge in [0.2, 0.25) is 0 Å². The minimum Gasteiger partial charge on any atom is -0.296 e. The minimum absolute atomic E-state index is 0.00709. The van der Waals surface area contributed by atoms with Crippen molar-refractivity contribution in [1.82, 2.24) is 4.98 Å². The van der Waals surface area contributed by atoms with Crippen LogP contribution >= 0.6 is 11.3 Å². The summed E-state index contributed by atoms with van der Waals surface area (Å²) in [5.74, 6) is -41.9. The van der Waals surface area contributed by atoms with E-state index in [0.717, 1.165) is 5.32 Å². The molecule has 0 aliphatic rings. The van der Waals surface area contributed by atoms with Gasteiger partial charge in [0.15, 0.2) is 5.13 Å². The lowest BCUT2D eigenvalue weighted by Crippen LogP contribution is -2.71. The summed E-state index contributed by atoms with van der Waals surface area (Å²) in [6.45, 7) is 1.56. The number of aromatic nitrogens is 1. The molecule has 0 atom stereocenters. The van der Waals surface area contributed by atoms with E-state index in [1.54, 1.807) is 6.92 Å². The van der Waals surface area contributed by atoms with Gasteiger partial charge >= 0.3 is 41.7 Å². The largest absolute Gasteiger partial charge is 0.460 e. The quantitative estimate of drug-likeness (QED) is 0.465. The summed E-state index contributed by atoms with van der Waals surface area (Å²) in [5, 5.41) is 0.0391. The molecule has 2 rings (SSSR count). The maximum Gasteiger partial charge on any atom is 0.460 e. The molecule has 0 saturated heterocycles. The SMILES string of the molecule is Cc1ccc2nc(NC(=O)C(F)(F)C(F)(F)C(F)(F)C(F)(F)C(F)(F)C(F)(F)F)sc2c1. The number of fused-ring (bicyclic) bond motifs is 1. The van der Waals surface area contributed by atoms with Gasteiger partial charge in [-0.2, -0.15) is 57.1 Å². The lowest BCUT2D eigenvalue weighted by atomic mass is 9.93. The number of nitrogens with one attached hydrogen (secondary N) is 1. The third kappa shape index (κ3) is 3.63. The molecule has 0 spiro atoms. The van der Waals surface area contributed by atoms with Crippen LogP contribution in [0.25, 0.3) is 10.2 Å². The Balaban J connectivity index is 2.43. The van der Waals surface area contributed by atoms with E-state index < -0.39 is 46.8 Å². The molecule has 3 nitrogen and oxygen atoms in total. The molecule has 1 heterocycles. The predicted molar refractivity (Wildman–Crippen MR) is 83.8 cm³/mol. The van der Waals surface area contributed by atoms with E-state index in [0.29, 0.717) is 16.9 Å². The van der Waals surface area contributed by atoms with Crippen molar-refractivity contribution in [3.8, 4) is 0 Å². The molecule has 32 heavy (non-hydrogen) atoms. The summed E-state index contributed by atoms with van der Waals surface area (Å²) >= 11 is 0.361. The second kappa shape index (κ2) is 7.34. The summed E-state index contributed by atoms with van der Waals surface area (Å²) in [6.07, 6.45) is -7.52. The Bertz CT molecular complexity index is 1030. The second-order valence-corrected chi connectivity index (χ2v) is 7.34. The number of rotatable bonds is 6. The molecule has 0 aliphatic heterocycles. The van der Waals surface area contributed by atoms with Crippen molar-refractivity contribution in [2.75, 3.05) is 5.32 Å². The van der Waals surface area contributed by atoms with Crippen molar-refractivity contribution in [1.29, 1.82) is 0 Å². The number of carbonyl (C=O) groups is 1. The highest BCUT2D eigenvalue weighted by atomic mass is 32.1. The van der Waals surface area contributed by atoms with Crippen LogP contribution in [0.5, 0.6) is 0 Å². The average Bonchev–Trinajstić information content (AvgIpc) is 3.01. The Morgan fingerprint density at radius 2 is 1.31 bits per heavy atom. The minimum atomic E-state index is -8.07. The van der Waals surface area contributed by atoms with Crippen molar-refractivity contribution >= 4 is 32.6 Å². The Morgan fingerprint density at radius 3 is 1.81 bits per heavy atom. The van der Waals surface area contributed by atoms with Crippen LogP contribution in [0.2, 0.25) is 0 Å². The topological polar surface area (TPSA) is 42.0 Å². The molecule has 1 aromatic heterocycles. The maximum absolute atomic E-state index is 13.8. The molecular weight excluding hydrogens is 503 g/mol. The number of benzene rings is 1. The molecule has 1 amide bonds. The number of halogens is 13. The number of hydrogen-bond donors (Lipinski definition) is 1. The zero-order valence-corrected chi connectivity index (χ0v) is 15.7. The standard InChI is InChI=1S/C15H7F13N2OS/c1-5-2-3-6-7(4-5)32-9(29-6)30-8(31)10(16,17)11(18,19)12(20,21)13(22,23)14(24,25)15(26,27)28/h2-4H,1H3,(H,29,30,31). The fourth-order valence-corrected chi connectivity index (χ4v) is 3.13. The van der Waals surface area contributed by atoms with Gasteiger partial charge in [0.05, 0.1) is 10.2 Å². The summed E-state index contributed by atoms with van der Waals surface area (Å²) in [7, 11) is 0. The average molecular weight is 510 g/mol. The summed E-state index contributed by atoms with van der Waals surface area (Å²) in [4.78, 5) is 15.0. The van der Waals surface area contributed by atoms with Crippen molar-refractivity contribution in [2.45, 2.75) is 42.7 Å². The van der Waals surface area contributed by atoms with Crippen LogP contribution < -0.4 is 5.32 Å². The van der Waals surface area contributed by atoms with Crippen LogP contribution in [0.4, 0.5) is 62.2 Å². The number of thiazole rings is 1. The third-order valence-electron chi connectivity index (χ3n) is 3.98. The van der Waals surface area contributed by atoms with Gasteiger partial charge in [-0.1, -0.05) is 17.4 Å². The molecule has 2 aromatic rings.